The molecular formula is C15H11ClN2O. The fourth-order valence-electron chi connectivity index (χ4n) is 2.05. The standard InChI is InChI=1S/C15H11ClN2O/c16-12-7-5-10(6-8-12)15(19)14-13-4-2-1-3-11(13)9-17-18-14/h1-9,15,19H. The van der Waals surface area contributed by atoms with Crippen molar-refractivity contribution in [3.63, 3.8) is 0 Å². The van der Waals surface area contributed by atoms with Gasteiger partial charge in [0, 0.05) is 15.8 Å². The summed E-state index contributed by atoms with van der Waals surface area (Å²) in [5, 5.41) is 20.9. The molecule has 1 N–H and O–H groups in total. The van der Waals surface area contributed by atoms with Crippen LogP contribution in [0.1, 0.15) is 17.4 Å². The number of hydrogen-bond acceptors (Lipinski definition) is 3. The Morgan fingerprint density at radius 1 is 1.00 bits per heavy atom. The van der Waals surface area contributed by atoms with Crippen molar-refractivity contribution in [2.75, 3.05) is 0 Å². The number of aliphatic hydroxyl groups is 1. The zero-order chi connectivity index (χ0) is 13.2. The lowest BCUT2D eigenvalue weighted by Crippen LogP contribution is -2.04. The van der Waals surface area contributed by atoms with E-state index < -0.39 is 6.10 Å². The SMILES string of the molecule is OC(c1ccc(Cl)cc1)c1nncc2ccccc12. The molecule has 4 heteroatoms. The van der Waals surface area contributed by atoms with Crippen molar-refractivity contribution < 1.29 is 5.11 Å². The van der Waals surface area contributed by atoms with Crippen LogP contribution in [-0.2, 0) is 0 Å². The van der Waals surface area contributed by atoms with Gasteiger partial charge in [0.1, 0.15) is 11.8 Å². The minimum absolute atomic E-state index is 0.556. The number of benzene rings is 2. The van der Waals surface area contributed by atoms with E-state index in [1.807, 2.05) is 24.3 Å². The third-order valence-electron chi connectivity index (χ3n) is 3.04. The third-order valence-corrected chi connectivity index (χ3v) is 3.30. The Labute approximate surface area is 115 Å². The van der Waals surface area contributed by atoms with Gasteiger partial charge in [-0.25, -0.2) is 0 Å². The van der Waals surface area contributed by atoms with Crippen molar-refractivity contribution in [3.8, 4) is 0 Å². The fraction of sp³-hybridized carbons (Fsp3) is 0.0667. The summed E-state index contributed by atoms with van der Waals surface area (Å²) in [5.74, 6) is 0. The predicted molar refractivity (Wildman–Crippen MR) is 75.1 cm³/mol. The van der Waals surface area contributed by atoms with Gasteiger partial charge in [0.05, 0.1) is 6.20 Å². The van der Waals surface area contributed by atoms with Gasteiger partial charge < -0.3 is 5.11 Å². The molecule has 3 rings (SSSR count). The van der Waals surface area contributed by atoms with E-state index in [-0.39, 0.29) is 0 Å². The maximum absolute atomic E-state index is 10.4. The summed E-state index contributed by atoms with van der Waals surface area (Å²) in [5.41, 5.74) is 1.30. The molecule has 2 aromatic carbocycles. The summed E-state index contributed by atoms with van der Waals surface area (Å²) >= 11 is 5.85. The van der Waals surface area contributed by atoms with Crippen LogP contribution in [0.2, 0.25) is 5.02 Å². The predicted octanol–water partition coefficient (Wildman–Crippen LogP) is 3.36. The highest BCUT2D eigenvalue weighted by Gasteiger charge is 2.15. The average Bonchev–Trinajstić information content (AvgIpc) is 2.47. The molecule has 0 saturated heterocycles. The lowest BCUT2D eigenvalue weighted by molar-refractivity contribution is 0.216. The minimum atomic E-state index is -0.809. The molecule has 0 aliphatic rings. The number of hydrogen-bond donors (Lipinski definition) is 1. The van der Waals surface area contributed by atoms with Crippen molar-refractivity contribution in [1.29, 1.82) is 0 Å². The lowest BCUT2D eigenvalue weighted by Gasteiger charge is -2.12. The quantitative estimate of drug-likeness (QED) is 0.777. The van der Waals surface area contributed by atoms with Crippen LogP contribution in [0.25, 0.3) is 10.8 Å². The van der Waals surface area contributed by atoms with Crippen molar-refractivity contribution in [3.05, 3.63) is 71.0 Å². The molecule has 0 amide bonds. The number of rotatable bonds is 2. The van der Waals surface area contributed by atoms with Gasteiger partial charge in [0.2, 0.25) is 0 Å². The van der Waals surface area contributed by atoms with Crippen molar-refractivity contribution in [2.24, 2.45) is 0 Å². The summed E-state index contributed by atoms with van der Waals surface area (Å²) in [4.78, 5) is 0. The molecule has 0 aliphatic heterocycles. The van der Waals surface area contributed by atoms with E-state index in [0.29, 0.717) is 10.7 Å². The van der Waals surface area contributed by atoms with E-state index in [9.17, 15) is 5.11 Å². The molecule has 3 nitrogen and oxygen atoms in total. The summed E-state index contributed by atoms with van der Waals surface area (Å²) in [7, 11) is 0. The topological polar surface area (TPSA) is 46.0 Å². The van der Waals surface area contributed by atoms with E-state index in [1.54, 1.807) is 30.5 Å². The Bertz CT molecular complexity index is 707. The van der Waals surface area contributed by atoms with Gasteiger partial charge in [-0.3, -0.25) is 0 Å². The Hall–Kier alpha value is -1.97. The van der Waals surface area contributed by atoms with Crippen LogP contribution < -0.4 is 0 Å². The van der Waals surface area contributed by atoms with Crippen molar-refractivity contribution in [1.82, 2.24) is 10.2 Å². The molecule has 0 spiro atoms. The van der Waals surface area contributed by atoms with Crippen LogP contribution in [-0.4, -0.2) is 15.3 Å². The Morgan fingerprint density at radius 2 is 1.74 bits per heavy atom. The highest BCUT2D eigenvalue weighted by Crippen LogP contribution is 2.26. The summed E-state index contributed by atoms with van der Waals surface area (Å²) in [6.45, 7) is 0. The van der Waals surface area contributed by atoms with Crippen molar-refractivity contribution >= 4 is 22.4 Å². The maximum Gasteiger partial charge on any atom is 0.123 e. The molecule has 0 radical (unpaired) electrons. The van der Waals surface area contributed by atoms with E-state index in [0.717, 1.165) is 16.3 Å². The van der Waals surface area contributed by atoms with Crippen LogP contribution in [0.3, 0.4) is 0 Å². The molecule has 0 aliphatic carbocycles. The molecule has 1 heterocycles. The molecule has 19 heavy (non-hydrogen) atoms. The maximum atomic E-state index is 10.4. The second kappa shape index (κ2) is 4.96. The summed E-state index contributed by atoms with van der Waals surface area (Å²) < 4.78 is 0. The van der Waals surface area contributed by atoms with Crippen LogP contribution in [0.5, 0.6) is 0 Å². The smallest absolute Gasteiger partial charge is 0.123 e. The van der Waals surface area contributed by atoms with E-state index in [1.165, 1.54) is 0 Å². The van der Waals surface area contributed by atoms with Crippen LogP contribution in [0.15, 0.2) is 54.7 Å². The Kier molecular flexibility index (Phi) is 3.15. The molecule has 0 saturated carbocycles. The molecule has 0 bridgehead atoms. The normalized spacial score (nSPS) is 12.5. The van der Waals surface area contributed by atoms with Gasteiger partial charge in [-0.15, -0.1) is 0 Å². The van der Waals surface area contributed by atoms with Crippen molar-refractivity contribution in [2.45, 2.75) is 6.10 Å². The zero-order valence-electron chi connectivity index (χ0n) is 9.99. The van der Waals surface area contributed by atoms with Gasteiger partial charge >= 0.3 is 0 Å². The minimum Gasteiger partial charge on any atom is -0.382 e. The molecule has 0 fully saturated rings. The number of nitrogens with zero attached hydrogens (tertiary/aromatic N) is 2. The second-order valence-corrected chi connectivity index (χ2v) is 4.71. The number of aliphatic hydroxyl groups excluding tert-OH is 1. The molecule has 1 unspecified atom stereocenters. The summed E-state index contributed by atoms with van der Waals surface area (Å²) in [6.07, 6.45) is 0.879. The van der Waals surface area contributed by atoms with Gasteiger partial charge in [0.25, 0.3) is 0 Å². The second-order valence-electron chi connectivity index (χ2n) is 4.27. The van der Waals surface area contributed by atoms with Gasteiger partial charge in [-0.2, -0.15) is 10.2 Å². The third kappa shape index (κ3) is 2.30. The first-order chi connectivity index (χ1) is 9.25. The number of aromatic nitrogens is 2. The van der Waals surface area contributed by atoms with Crippen LogP contribution in [0, 0.1) is 0 Å². The van der Waals surface area contributed by atoms with Crippen LogP contribution >= 0.6 is 11.6 Å². The number of halogens is 1. The molecule has 94 valence electrons. The molecule has 1 aromatic heterocycles. The highest BCUT2D eigenvalue weighted by molar-refractivity contribution is 6.30. The van der Waals surface area contributed by atoms with E-state index >= 15 is 0 Å². The zero-order valence-corrected chi connectivity index (χ0v) is 10.7. The molecule has 1 atom stereocenters. The number of fused-ring (bicyclic) bond motifs is 1. The monoisotopic (exact) mass is 270 g/mol. The Balaban J connectivity index is 2.11. The average molecular weight is 271 g/mol. The molecular weight excluding hydrogens is 260 g/mol. The first kappa shape index (κ1) is 12.1. The van der Waals surface area contributed by atoms with Crippen LogP contribution in [0.4, 0.5) is 0 Å². The van der Waals surface area contributed by atoms with E-state index in [2.05, 4.69) is 10.2 Å². The Morgan fingerprint density at radius 3 is 2.53 bits per heavy atom. The first-order valence-electron chi connectivity index (χ1n) is 5.89. The first-order valence-corrected chi connectivity index (χ1v) is 6.27. The van der Waals surface area contributed by atoms with Gasteiger partial charge in [0.15, 0.2) is 0 Å². The van der Waals surface area contributed by atoms with Gasteiger partial charge in [-0.05, 0) is 17.7 Å². The molecule has 3 aromatic rings. The lowest BCUT2D eigenvalue weighted by atomic mass is 10.0. The van der Waals surface area contributed by atoms with E-state index in [4.69, 9.17) is 11.6 Å². The summed E-state index contributed by atoms with van der Waals surface area (Å²) in [6, 6.07) is 14.8. The van der Waals surface area contributed by atoms with Gasteiger partial charge in [-0.1, -0.05) is 48.0 Å². The fourth-order valence-corrected chi connectivity index (χ4v) is 2.18. The largest absolute Gasteiger partial charge is 0.382 e. The highest BCUT2D eigenvalue weighted by atomic mass is 35.5.